The molecular weight excluding hydrogens is 279 g/mol. The standard InChI is InChI=1S/C12H8F3NO2S/c1-6-16-9(11(17)18)10(19-6)7-2-4-8(5-3-7)12(13,14)15/h2-5H,1H3,(H,17,18). The summed E-state index contributed by atoms with van der Waals surface area (Å²) in [5, 5.41) is 9.54. The summed E-state index contributed by atoms with van der Waals surface area (Å²) in [6.45, 7) is 1.64. The van der Waals surface area contributed by atoms with Crippen molar-refractivity contribution in [2.24, 2.45) is 0 Å². The number of carboxylic acids is 1. The number of aryl methyl sites for hydroxylation is 1. The molecule has 0 spiro atoms. The van der Waals surface area contributed by atoms with Crippen LogP contribution in [0.15, 0.2) is 24.3 Å². The number of halogens is 3. The Hall–Kier alpha value is -1.89. The van der Waals surface area contributed by atoms with Gasteiger partial charge in [0.15, 0.2) is 5.69 Å². The van der Waals surface area contributed by atoms with Crippen LogP contribution in [0.3, 0.4) is 0 Å². The van der Waals surface area contributed by atoms with E-state index in [1.54, 1.807) is 6.92 Å². The molecule has 3 nitrogen and oxygen atoms in total. The van der Waals surface area contributed by atoms with Crippen molar-refractivity contribution in [1.82, 2.24) is 4.98 Å². The van der Waals surface area contributed by atoms with Gasteiger partial charge < -0.3 is 5.11 Å². The van der Waals surface area contributed by atoms with Gasteiger partial charge in [-0.1, -0.05) is 12.1 Å². The Balaban J connectivity index is 2.46. The van der Waals surface area contributed by atoms with Crippen molar-refractivity contribution in [2.75, 3.05) is 0 Å². The van der Waals surface area contributed by atoms with Gasteiger partial charge in [-0.2, -0.15) is 13.2 Å². The van der Waals surface area contributed by atoms with Crippen LogP contribution in [0.2, 0.25) is 0 Å². The predicted octanol–water partition coefficient (Wildman–Crippen LogP) is 3.84. The van der Waals surface area contributed by atoms with Crippen molar-refractivity contribution >= 4 is 17.3 Å². The number of nitrogens with zero attached hydrogens (tertiary/aromatic N) is 1. The minimum atomic E-state index is -4.40. The van der Waals surface area contributed by atoms with Crippen LogP contribution in [0, 0.1) is 6.92 Å². The number of thiazole rings is 1. The molecule has 100 valence electrons. The molecule has 19 heavy (non-hydrogen) atoms. The summed E-state index contributed by atoms with van der Waals surface area (Å²) in [7, 11) is 0. The first-order valence-corrected chi connectivity index (χ1v) is 5.99. The molecule has 2 aromatic rings. The van der Waals surface area contributed by atoms with Crippen LogP contribution < -0.4 is 0 Å². The Morgan fingerprint density at radius 2 is 1.84 bits per heavy atom. The van der Waals surface area contributed by atoms with E-state index >= 15 is 0 Å². The summed E-state index contributed by atoms with van der Waals surface area (Å²) in [5.41, 5.74) is -0.493. The maximum atomic E-state index is 12.4. The molecule has 0 saturated heterocycles. The molecule has 0 unspecified atom stereocenters. The van der Waals surface area contributed by atoms with Crippen LogP contribution in [0.5, 0.6) is 0 Å². The summed E-state index contributed by atoms with van der Waals surface area (Å²) in [4.78, 5) is 15.2. The zero-order valence-electron chi connectivity index (χ0n) is 9.65. The van der Waals surface area contributed by atoms with Crippen LogP contribution >= 0.6 is 11.3 Å². The smallest absolute Gasteiger partial charge is 0.416 e. The van der Waals surface area contributed by atoms with Gasteiger partial charge in [0, 0.05) is 0 Å². The third-order valence-electron chi connectivity index (χ3n) is 2.41. The number of rotatable bonds is 2. The molecule has 1 aromatic carbocycles. The van der Waals surface area contributed by atoms with E-state index in [0.717, 1.165) is 23.5 Å². The maximum absolute atomic E-state index is 12.4. The quantitative estimate of drug-likeness (QED) is 0.913. The third-order valence-corrected chi connectivity index (χ3v) is 3.43. The fourth-order valence-corrected chi connectivity index (χ4v) is 2.49. The van der Waals surface area contributed by atoms with Crippen LogP contribution in [0.1, 0.15) is 21.1 Å². The van der Waals surface area contributed by atoms with E-state index in [1.165, 1.54) is 12.1 Å². The summed E-state index contributed by atoms with van der Waals surface area (Å²) in [6, 6.07) is 4.36. The highest BCUT2D eigenvalue weighted by molar-refractivity contribution is 7.15. The molecule has 1 aromatic heterocycles. The van der Waals surface area contributed by atoms with E-state index in [2.05, 4.69) is 4.98 Å². The van der Waals surface area contributed by atoms with E-state index in [-0.39, 0.29) is 5.69 Å². The molecule has 0 bridgehead atoms. The molecule has 0 aliphatic rings. The molecule has 1 heterocycles. The van der Waals surface area contributed by atoms with Gasteiger partial charge in [0.2, 0.25) is 0 Å². The fourth-order valence-electron chi connectivity index (χ4n) is 1.58. The van der Waals surface area contributed by atoms with E-state index in [1.807, 2.05) is 0 Å². The summed E-state index contributed by atoms with van der Waals surface area (Å²) >= 11 is 1.14. The highest BCUT2D eigenvalue weighted by Gasteiger charge is 2.30. The van der Waals surface area contributed by atoms with E-state index in [4.69, 9.17) is 5.11 Å². The maximum Gasteiger partial charge on any atom is 0.416 e. The Morgan fingerprint density at radius 1 is 1.26 bits per heavy atom. The van der Waals surface area contributed by atoms with Gasteiger partial charge in [-0.25, -0.2) is 9.78 Å². The molecule has 0 atom stereocenters. The Kier molecular flexibility index (Phi) is 3.32. The van der Waals surface area contributed by atoms with Gasteiger partial charge in [-0.3, -0.25) is 0 Å². The fraction of sp³-hybridized carbons (Fsp3) is 0.167. The van der Waals surface area contributed by atoms with Crippen molar-refractivity contribution in [3.8, 4) is 10.4 Å². The average molecular weight is 287 g/mol. The molecule has 1 N–H and O–H groups in total. The molecule has 2 rings (SSSR count). The first kappa shape index (κ1) is 13.5. The summed E-state index contributed by atoms with van der Waals surface area (Å²) < 4.78 is 37.3. The molecule has 0 saturated carbocycles. The number of benzene rings is 1. The minimum absolute atomic E-state index is 0.137. The molecule has 0 aliphatic heterocycles. The largest absolute Gasteiger partial charge is 0.476 e. The van der Waals surface area contributed by atoms with Crippen molar-refractivity contribution in [3.63, 3.8) is 0 Å². The highest BCUT2D eigenvalue weighted by atomic mass is 32.1. The molecule has 0 aliphatic carbocycles. The molecule has 0 fully saturated rings. The SMILES string of the molecule is Cc1nc(C(=O)O)c(-c2ccc(C(F)(F)F)cc2)s1. The second kappa shape index (κ2) is 4.65. The molecular formula is C12H8F3NO2S. The predicted molar refractivity (Wildman–Crippen MR) is 64.2 cm³/mol. The second-order valence-electron chi connectivity index (χ2n) is 3.79. The van der Waals surface area contributed by atoms with Crippen LogP contribution in [0.4, 0.5) is 13.2 Å². The first-order chi connectivity index (χ1) is 8.79. The lowest BCUT2D eigenvalue weighted by molar-refractivity contribution is -0.137. The summed E-state index contributed by atoms with van der Waals surface area (Å²) in [6.07, 6.45) is -4.40. The van der Waals surface area contributed by atoms with Crippen molar-refractivity contribution < 1.29 is 23.1 Å². The van der Waals surface area contributed by atoms with Crippen LogP contribution in [-0.4, -0.2) is 16.1 Å². The van der Waals surface area contributed by atoms with Crippen LogP contribution in [-0.2, 0) is 6.18 Å². The van der Waals surface area contributed by atoms with E-state index in [0.29, 0.717) is 15.4 Å². The van der Waals surface area contributed by atoms with Crippen molar-refractivity contribution in [3.05, 3.63) is 40.5 Å². The number of alkyl halides is 3. The second-order valence-corrected chi connectivity index (χ2v) is 4.99. The number of aromatic carboxylic acids is 1. The van der Waals surface area contributed by atoms with Gasteiger partial charge in [0.25, 0.3) is 0 Å². The van der Waals surface area contributed by atoms with Crippen molar-refractivity contribution in [1.29, 1.82) is 0 Å². The topological polar surface area (TPSA) is 50.2 Å². The summed E-state index contributed by atoms with van der Waals surface area (Å²) in [5.74, 6) is -1.20. The zero-order valence-corrected chi connectivity index (χ0v) is 10.5. The van der Waals surface area contributed by atoms with Gasteiger partial charge in [0.05, 0.1) is 15.4 Å². The highest BCUT2D eigenvalue weighted by Crippen LogP contribution is 2.34. The Morgan fingerprint density at radius 3 is 2.32 bits per heavy atom. The lowest BCUT2D eigenvalue weighted by Crippen LogP contribution is -2.04. The van der Waals surface area contributed by atoms with Gasteiger partial charge in [-0.05, 0) is 24.6 Å². The molecule has 7 heteroatoms. The van der Waals surface area contributed by atoms with Gasteiger partial charge in [-0.15, -0.1) is 11.3 Å². The molecule has 0 amide bonds. The zero-order chi connectivity index (χ0) is 14.2. The Bertz CT molecular complexity index is 617. The number of hydrogen-bond donors (Lipinski definition) is 1. The monoisotopic (exact) mass is 287 g/mol. The van der Waals surface area contributed by atoms with E-state index in [9.17, 15) is 18.0 Å². The molecule has 0 radical (unpaired) electrons. The third kappa shape index (κ3) is 2.76. The average Bonchev–Trinajstić information content (AvgIpc) is 2.70. The van der Waals surface area contributed by atoms with Crippen molar-refractivity contribution in [2.45, 2.75) is 13.1 Å². The lowest BCUT2D eigenvalue weighted by atomic mass is 10.1. The number of hydrogen-bond acceptors (Lipinski definition) is 3. The first-order valence-electron chi connectivity index (χ1n) is 5.17. The normalized spacial score (nSPS) is 11.6. The van der Waals surface area contributed by atoms with Crippen LogP contribution in [0.25, 0.3) is 10.4 Å². The minimum Gasteiger partial charge on any atom is -0.476 e. The van der Waals surface area contributed by atoms with Gasteiger partial charge in [0.1, 0.15) is 0 Å². The lowest BCUT2D eigenvalue weighted by Gasteiger charge is -2.07. The number of carboxylic acid groups (broad SMARTS) is 1. The Labute approximate surface area is 110 Å². The van der Waals surface area contributed by atoms with Gasteiger partial charge >= 0.3 is 12.1 Å². The van der Waals surface area contributed by atoms with E-state index < -0.39 is 17.7 Å². The number of aromatic nitrogens is 1. The number of carbonyl (C=O) groups is 1.